The lowest BCUT2D eigenvalue weighted by Gasteiger charge is -2.26. The zero-order valence-electron chi connectivity index (χ0n) is 28.7. The van der Waals surface area contributed by atoms with E-state index in [1.165, 1.54) is 99.5 Å². The van der Waals surface area contributed by atoms with Gasteiger partial charge in [0.15, 0.2) is 0 Å². The SMILES string of the molecule is Cc1c(C)c(-c2c(-c3ccccc3)c(-c3ccccc3)cc3c2[nH]c2ccccc23)c2c(c1Nc1cccc3ccccc13)Cc1ccccc1-2. The lowest BCUT2D eigenvalue weighted by atomic mass is 9.80. The minimum absolute atomic E-state index is 0.877. The van der Waals surface area contributed by atoms with Gasteiger partial charge in [0.05, 0.1) is 5.52 Å². The number of nitrogens with one attached hydrogen (secondary N) is 2. The molecule has 1 heterocycles. The van der Waals surface area contributed by atoms with Crippen LogP contribution in [-0.2, 0) is 6.42 Å². The number of hydrogen-bond donors (Lipinski definition) is 2. The number of hydrogen-bond acceptors (Lipinski definition) is 1. The molecule has 1 aromatic heterocycles. The molecule has 0 spiro atoms. The first-order valence-corrected chi connectivity index (χ1v) is 17.8. The molecule has 0 bridgehead atoms. The summed E-state index contributed by atoms with van der Waals surface area (Å²) in [4.78, 5) is 3.95. The van der Waals surface area contributed by atoms with E-state index in [-0.39, 0.29) is 0 Å². The van der Waals surface area contributed by atoms with E-state index < -0.39 is 0 Å². The molecule has 9 aromatic rings. The van der Waals surface area contributed by atoms with Crippen LogP contribution in [0.25, 0.3) is 77.1 Å². The van der Waals surface area contributed by atoms with Crippen LogP contribution in [0, 0.1) is 13.8 Å². The summed E-state index contributed by atoms with van der Waals surface area (Å²) < 4.78 is 0. The predicted molar refractivity (Wildman–Crippen MR) is 217 cm³/mol. The highest BCUT2D eigenvalue weighted by molar-refractivity contribution is 6.20. The van der Waals surface area contributed by atoms with Crippen LogP contribution in [0.1, 0.15) is 22.3 Å². The molecular weight excluding hydrogens is 617 g/mol. The Morgan fingerprint density at radius 1 is 0.490 bits per heavy atom. The Labute approximate surface area is 298 Å². The number of aromatic amines is 1. The average Bonchev–Trinajstić information content (AvgIpc) is 3.76. The smallest absolute Gasteiger partial charge is 0.0551 e. The summed E-state index contributed by atoms with van der Waals surface area (Å²) in [6, 6.07) is 57.3. The van der Waals surface area contributed by atoms with Crippen LogP contribution in [0.2, 0.25) is 0 Å². The van der Waals surface area contributed by atoms with Gasteiger partial charge in [-0.3, -0.25) is 0 Å². The fourth-order valence-electron chi connectivity index (χ4n) is 8.59. The summed E-state index contributed by atoms with van der Waals surface area (Å²) in [5.74, 6) is 0. The summed E-state index contributed by atoms with van der Waals surface area (Å²) in [5, 5.41) is 8.96. The molecule has 2 heteroatoms. The van der Waals surface area contributed by atoms with Gasteiger partial charge in [-0.15, -0.1) is 0 Å². The highest BCUT2D eigenvalue weighted by Gasteiger charge is 2.32. The van der Waals surface area contributed by atoms with E-state index in [9.17, 15) is 0 Å². The molecular formula is C49H36N2. The van der Waals surface area contributed by atoms with Gasteiger partial charge in [-0.2, -0.15) is 0 Å². The molecule has 242 valence electrons. The summed E-state index contributed by atoms with van der Waals surface area (Å²) in [5.41, 5.74) is 20.1. The summed E-state index contributed by atoms with van der Waals surface area (Å²) in [7, 11) is 0. The molecule has 0 atom stereocenters. The first kappa shape index (κ1) is 29.5. The fraction of sp³-hybridized carbons (Fsp3) is 0.0612. The molecule has 1 aliphatic rings. The van der Waals surface area contributed by atoms with Crippen LogP contribution in [0.5, 0.6) is 0 Å². The van der Waals surface area contributed by atoms with E-state index in [2.05, 4.69) is 182 Å². The Hall–Kier alpha value is -6.38. The van der Waals surface area contributed by atoms with Gasteiger partial charge < -0.3 is 10.3 Å². The number of rotatable bonds is 5. The van der Waals surface area contributed by atoms with Gasteiger partial charge in [0.25, 0.3) is 0 Å². The van der Waals surface area contributed by atoms with E-state index in [1.807, 2.05) is 0 Å². The van der Waals surface area contributed by atoms with Gasteiger partial charge in [0, 0.05) is 45.0 Å². The molecule has 0 fully saturated rings. The summed E-state index contributed by atoms with van der Waals surface area (Å²) in [6.45, 7) is 4.64. The largest absolute Gasteiger partial charge is 0.355 e. The summed E-state index contributed by atoms with van der Waals surface area (Å²) in [6.07, 6.45) is 0.877. The molecule has 0 amide bonds. The standard InChI is InChI=1S/C49H36N2/c1-30-31(2)48(50-42-27-15-22-32-18-9-11-23-36(32)42)41-28-35-21-10-12-24-37(35)46(41)44(30)47-45(34-19-7-4-8-20-34)39(33-16-5-3-6-17-33)29-40-38-25-13-14-26-43(38)51-49(40)47/h3-27,29,50-51H,28H2,1-2H3. The Morgan fingerprint density at radius 2 is 1.16 bits per heavy atom. The molecule has 2 N–H and O–H groups in total. The number of para-hydroxylation sites is 1. The Bertz CT molecular complexity index is 2800. The average molecular weight is 653 g/mol. The van der Waals surface area contributed by atoms with Crippen LogP contribution >= 0.6 is 0 Å². The van der Waals surface area contributed by atoms with Crippen molar-refractivity contribution in [2.24, 2.45) is 0 Å². The third-order valence-corrected chi connectivity index (χ3v) is 11.1. The lowest BCUT2D eigenvalue weighted by molar-refractivity contribution is 1.23. The van der Waals surface area contributed by atoms with E-state index in [4.69, 9.17) is 0 Å². The third kappa shape index (κ3) is 4.57. The van der Waals surface area contributed by atoms with Crippen molar-refractivity contribution < 1.29 is 0 Å². The van der Waals surface area contributed by atoms with Gasteiger partial charge in [-0.25, -0.2) is 0 Å². The molecule has 10 rings (SSSR count). The highest BCUT2D eigenvalue weighted by Crippen LogP contribution is 2.55. The van der Waals surface area contributed by atoms with Gasteiger partial charge in [0.1, 0.15) is 0 Å². The number of anilines is 2. The van der Waals surface area contributed by atoms with Crippen molar-refractivity contribution in [2.45, 2.75) is 20.3 Å². The second kappa shape index (κ2) is 11.6. The maximum atomic E-state index is 4.00. The van der Waals surface area contributed by atoms with Crippen LogP contribution in [0.4, 0.5) is 11.4 Å². The zero-order valence-corrected chi connectivity index (χ0v) is 28.7. The number of benzene rings is 8. The van der Waals surface area contributed by atoms with Crippen molar-refractivity contribution in [3.8, 4) is 44.5 Å². The quantitative estimate of drug-likeness (QED) is 0.190. The van der Waals surface area contributed by atoms with Crippen molar-refractivity contribution in [3.63, 3.8) is 0 Å². The number of H-pyrrole nitrogens is 1. The highest BCUT2D eigenvalue weighted by atomic mass is 14.9. The van der Waals surface area contributed by atoms with Crippen molar-refractivity contribution in [2.75, 3.05) is 5.32 Å². The van der Waals surface area contributed by atoms with Gasteiger partial charge in [-0.05, 0) is 98.6 Å². The Kier molecular flexibility index (Phi) is 6.72. The van der Waals surface area contributed by atoms with Crippen LogP contribution in [0.15, 0.2) is 158 Å². The maximum absolute atomic E-state index is 4.00. The van der Waals surface area contributed by atoms with Crippen molar-refractivity contribution in [3.05, 3.63) is 180 Å². The van der Waals surface area contributed by atoms with Crippen LogP contribution in [0.3, 0.4) is 0 Å². The van der Waals surface area contributed by atoms with Crippen molar-refractivity contribution in [1.82, 2.24) is 4.98 Å². The fourth-order valence-corrected chi connectivity index (χ4v) is 8.59. The predicted octanol–water partition coefficient (Wildman–Crippen LogP) is 13.4. The minimum atomic E-state index is 0.877. The second-order valence-electron chi connectivity index (χ2n) is 13.8. The Balaban J connectivity index is 1.37. The maximum Gasteiger partial charge on any atom is 0.0551 e. The molecule has 0 radical (unpaired) electrons. The first-order chi connectivity index (χ1) is 25.2. The van der Waals surface area contributed by atoms with E-state index >= 15 is 0 Å². The molecule has 0 unspecified atom stereocenters. The van der Waals surface area contributed by atoms with E-state index in [0.717, 1.165) is 17.6 Å². The number of aromatic nitrogens is 1. The lowest BCUT2D eigenvalue weighted by Crippen LogP contribution is -2.04. The Morgan fingerprint density at radius 3 is 1.98 bits per heavy atom. The topological polar surface area (TPSA) is 27.8 Å². The van der Waals surface area contributed by atoms with Crippen LogP contribution in [-0.4, -0.2) is 4.98 Å². The van der Waals surface area contributed by atoms with Crippen LogP contribution < -0.4 is 5.32 Å². The molecule has 51 heavy (non-hydrogen) atoms. The van der Waals surface area contributed by atoms with Crippen molar-refractivity contribution >= 4 is 44.0 Å². The second-order valence-corrected chi connectivity index (χ2v) is 13.8. The van der Waals surface area contributed by atoms with Gasteiger partial charge >= 0.3 is 0 Å². The molecule has 0 aliphatic heterocycles. The molecule has 8 aromatic carbocycles. The third-order valence-electron chi connectivity index (χ3n) is 11.1. The van der Waals surface area contributed by atoms with Crippen molar-refractivity contribution in [1.29, 1.82) is 0 Å². The molecule has 0 saturated carbocycles. The van der Waals surface area contributed by atoms with Gasteiger partial charge in [-0.1, -0.05) is 140 Å². The zero-order chi connectivity index (χ0) is 34.1. The normalized spacial score (nSPS) is 12.0. The molecule has 1 aliphatic carbocycles. The first-order valence-electron chi connectivity index (χ1n) is 17.8. The molecule has 0 saturated heterocycles. The summed E-state index contributed by atoms with van der Waals surface area (Å²) >= 11 is 0. The minimum Gasteiger partial charge on any atom is -0.355 e. The number of fused-ring (bicyclic) bond motifs is 7. The monoisotopic (exact) mass is 652 g/mol. The van der Waals surface area contributed by atoms with Gasteiger partial charge in [0.2, 0.25) is 0 Å². The van der Waals surface area contributed by atoms with E-state index in [1.54, 1.807) is 0 Å². The molecule has 2 nitrogen and oxygen atoms in total. The van der Waals surface area contributed by atoms with E-state index in [0.29, 0.717) is 0 Å².